The fourth-order valence-corrected chi connectivity index (χ4v) is 4.32. The van der Waals surface area contributed by atoms with Crippen molar-refractivity contribution in [2.45, 2.75) is 44.7 Å². The van der Waals surface area contributed by atoms with E-state index in [1.807, 2.05) is 19.1 Å². The van der Waals surface area contributed by atoms with Crippen LogP contribution in [0.15, 0.2) is 71.3 Å². The van der Waals surface area contributed by atoms with E-state index in [0.29, 0.717) is 5.69 Å². The molecule has 1 atom stereocenters. The molecule has 0 radical (unpaired) electrons. The van der Waals surface area contributed by atoms with Crippen molar-refractivity contribution in [1.29, 1.82) is 0 Å². The highest BCUT2D eigenvalue weighted by Gasteiger charge is 2.36. The smallest absolute Gasteiger partial charge is 0.287 e. The van der Waals surface area contributed by atoms with Crippen LogP contribution in [0, 0.1) is 12.7 Å². The predicted octanol–water partition coefficient (Wildman–Crippen LogP) is 4.29. The number of benzene rings is 2. The molecule has 1 fully saturated rings. The topological polar surface area (TPSA) is 91.7 Å². The molecular formula is C27H28FN3O4. The molecule has 7 nitrogen and oxygen atoms in total. The molecule has 2 N–H and O–H groups in total. The summed E-state index contributed by atoms with van der Waals surface area (Å²) in [4.78, 5) is 40.7. The summed E-state index contributed by atoms with van der Waals surface area (Å²) in [5, 5.41) is 5.54. The first-order valence-corrected chi connectivity index (χ1v) is 11.7. The minimum absolute atomic E-state index is 0.0228. The quantitative estimate of drug-likeness (QED) is 0.506. The Morgan fingerprint density at radius 1 is 1.03 bits per heavy atom. The van der Waals surface area contributed by atoms with Gasteiger partial charge in [-0.1, -0.05) is 48.7 Å². The molecule has 0 aliphatic heterocycles. The van der Waals surface area contributed by atoms with Crippen LogP contribution in [-0.2, 0) is 9.59 Å². The Hall–Kier alpha value is -3.94. The number of halogens is 1. The van der Waals surface area contributed by atoms with Gasteiger partial charge in [-0.2, -0.15) is 0 Å². The van der Waals surface area contributed by atoms with Crippen LogP contribution in [-0.4, -0.2) is 30.3 Å². The summed E-state index contributed by atoms with van der Waals surface area (Å²) >= 11 is 0. The Kier molecular flexibility index (Phi) is 7.60. The number of carbonyl (C=O) groups excluding carboxylic acids is 3. The van der Waals surface area contributed by atoms with Gasteiger partial charge in [0, 0.05) is 17.3 Å². The van der Waals surface area contributed by atoms with E-state index < -0.39 is 36.1 Å². The average molecular weight is 478 g/mol. The number of nitrogens with zero attached hydrogens (tertiary/aromatic N) is 1. The zero-order chi connectivity index (χ0) is 24.8. The molecule has 0 spiro atoms. The highest BCUT2D eigenvalue weighted by molar-refractivity contribution is 6.04. The van der Waals surface area contributed by atoms with Crippen LogP contribution in [0.25, 0.3) is 0 Å². The number of furan rings is 1. The molecule has 8 heteroatoms. The first-order valence-electron chi connectivity index (χ1n) is 11.7. The third-order valence-corrected chi connectivity index (χ3v) is 6.13. The van der Waals surface area contributed by atoms with Crippen LogP contribution < -0.4 is 15.5 Å². The summed E-state index contributed by atoms with van der Waals surface area (Å²) in [5.41, 5.74) is 1.46. The molecule has 1 aliphatic rings. The van der Waals surface area contributed by atoms with Crippen molar-refractivity contribution in [2.24, 2.45) is 0 Å². The van der Waals surface area contributed by atoms with Crippen molar-refractivity contribution in [2.75, 3.05) is 11.4 Å². The van der Waals surface area contributed by atoms with Crippen molar-refractivity contribution in [3.05, 3.63) is 89.6 Å². The average Bonchev–Trinajstić information content (AvgIpc) is 3.57. The van der Waals surface area contributed by atoms with Crippen LogP contribution in [0.4, 0.5) is 10.1 Å². The van der Waals surface area contributed by atoms with Crippen LogP contribution in [0.1, 0.15) is 53.4 Å². The van der Waals surface area contributed by atoms with Gasteiger partial charge < -0.3 is 15.1 Å². The predicted molar refractivity (Wildman–Crippen MR) is 129 cm³/mol. The summed E-state index contributed by atoms with van der Waals surface area (Å²) < 4.78 is 20.1. The fraction of sp³-hybridized carbons (Fsp3) is 0.296. The fourth-order valence-electron chi connectivity index (χ4n) is 4.32. The number of hydrogen-bond acceptors (Lipinski definition) is 4. The Morgan fingerprint density at radius 3 is 2.40 bits per heavy atom. The minimum Gasteiger partial charge on any atom is -0.459 e. The van der Waals surface area contributed by atoms with E-state index in [-0.39, 0.29) is 17.4 Å². The normalized spacial score (nSPS) is 14.3. The van der Waals surface area contributed by atoms with Crippen LogP contribution in [0.5, 0.6) is 0 Å². The van der Waals surface area contributed by atoms with Gasteiger partial charge in [0.2, 0.25) is 11.8 Å². The van der Waals surface area contributed by atoms with E-state index in [1.165, 1.54) is 35.4 Å². The molecule has 35 heavy (non-hydrogen) atoms. The van der Waals surface area contributed by atoms with Gasteiger partial charge in [-0.15, -0.1) is 0 Å². The van der Waals surface area contributed by atoms with Crippen LogP contribution in [0.3, 0.4) is 0 Å². The Balaban J connectivity index is 1.69. The number of nitrogens with one attached hydrogen (secondary N) is 2. The summed E-state index contributed by atoms with van der Waals surface area (Å²) in [5.74, 6) is -2.13. The SMILES string of the molecule is Cc1ccc(N(C(=O)CNC(=O)c2ccco2)C(C(=O)NC2CCCC2)c2ccccc2F)cc1. The maximum Gasteiger partial charge on any atom is 0.287 e. The number of anilines is 1. The molecule has 1 heterocycles. The van der Waals surface area contributed by atoms with Gasteiger partial charge in [0.25, 0.3) is 5.91 Å². The highest BCUT2D eigenvalue weighted by atomic mass is 19.1. The van der Waals surface area contributed by atoms with Crippen LogP contribution >= 0.6 is 0 Å². The largest absolute Gasteiger partial charge is 0.459 e. The lowest BCUT2D eigenvalue weighted by Crippen LogP contribution is -2.49. The Labute approximate surface area is 203 Å². The van der Waals surface area contributed by atoms with Gasteiger partial charge >= 0.3 is 0 Å². The van der Waals surface area contributed by atoms with Crippen LogP contribution in [0.2, 0.25) is 0 Å². The summed E-state index contributed by atoms with van der Waals surface area (Å²) in [6, 6.07) is 14.7. The van der Waals surface area contributed by atoms with E-state index in [2.05, 4.69) is 10.6 Å². The molecular weight excluding hydrogens is 449 g/mol. The molecule has 0 bridgehead atoms. The zero-order valence-electron chi connectivity index (χ0n) is 19.5. The number of carbonyl (C=O) groups is 3. The van der Waals surface area contributed by atoms with E-state index in [9.17, 15) is 14.4 Å². The number of hydrogen-bond donors (Lipinski definition) is 2. The van der Waals surface area contributed by atoms with Gasteiger partial charge in [-0.3, -0.25) is 19.3 Å². The lowest BCUT2D eigenvalue weighted by atomic mass is 10.0. The Bertz CT molecular complexity index is 1170. The first-order chi connectivity index (χ1) is 16.9. The summed E-state index contributed by atoms with van der Waals surface area (Å²) in [6.07, 6.45) is 5.06. The number of amides is 3. The second kappa shape index (κ2) is 11.0. The maximum absolute atomic E-state index is 15.0. The van der Waals surface area contributed by atoms with Crippen molar-refractivity contribution < 1.29 is 23.2 Å². The monoisotopic (exact) mass is 477 g/mol. The molecule has 1 saturated carbocycles. The first kappa shape index (κ1) is 24.2. The number of rotatable bonds is 8. The molecule has 4 rings (SSSR count). The molecule has 1 unspecified atom stereocenters. The lowest BCUT2D eigenvalue weighted by Gasteiger charge is -2.32. The molecule has 1 aromatic heterocycles. The minimum atomic E-state index is -1.26. The number of aryl methyl sites for hydroxylation is 1. The second-order valence-corrected chi connectivity index (χ2v) is 8.67. The van der Waals surface area contributed by atoms with Gasteiger partial charge in [0.05, 0.1) is 12.8 Å². The summed E-state index contributed by atoms with van der Waals surface area (Å²) in [7, 11) is 0. The van der Waals surface area contributed by atoms with E-state index in [4.69, 9.17) is 4.42 Å². The molecule has 0 saturated heterocycles. The maximum atomic E-state index is 15.0. The van der Waals surface area contributed by atoms with Crippen molar-refractivity contribution in [3.63, 3.8) is 0 Å². The van der Waals surface area contributed by atoms with Crippen molar-refractivity contribution in [1.82, 2.24) is 10.6 Å². The van der Waals surface area contributed by atoms with E-state index in [1.54, 1.807) is 24.3 Å². The molecule has 1 aliphatic carbocycles. The van der Waals surface area contributed by atoms with Crippen molar-refractivity contribution in [3.8, 4) is 0 Å². The Morgan fingerprint density at radius 2 is 1.74 bits per heavy atom. The van der Waals surface area contributed by atoms with E-state index >= 15 is 4.39 Å². The van der Waals surface area contributed by atoms with Gasteiger partial charge in [0.1, 0.15) is 11.9 Å². The van der Waals surface area contributed by atoms with Crippen molar-refractivity contribution >= 4 is 23.4 Å². The molecule has 3 amide bonds. The molecule has 2 aromatic carbocycles. The third-order valence-electron chi connectivity index (χ3n) is 6.13. The van der Waals surface area contributed by atoms with Gasteiger partial charge in [0.15, 0.2) is 5.76 Å². The lowest BCUT2D eigenvalue weighted by molar-refractivity contribution is -0.126. The highest BCUT2D eigenvalue weighted by Crippen LogP contribution is 2.31. The van der Waals surface area contributed by atoms with Gasteiger partial charge in [-0.25, -0.2) is 4.39 Å². The molecule has 3 aromatic rings. The van der Waals surface area contributed by atoms with E-state index in [0.717, 1.165) is 31.2 Å². The second-order valence-electron chi connectivity index (χ2n) is 8.67. The van der Waals surface area contributed by atoms with Gasteiger partial charge in [-0.05, 0) is 50.1 Å². The zero-order valence-corrected chi connectivity index (χ0v) is 19.5. The molecule has 182 valence electrons. The third kappa shape index (κ3) is 5.77. The standard InChI is InChI=1S/C27H28FN3O4/c1-18-12-14-20(15-13-18)31(24(32)17-29-26(33)23-11-6-16-35-23)25(21-9-4-5-10-22(21)28)27(34)30-19-7-2-3-8-19/h4-6,9-16,19,25H,2-3,7-8,17H2,1H3,(H,29,33)(H,30,34). The summed E-state index contributed by atoms with van der Waals surface area (Å²) in [6.45, 7) is 1.50.